The Morgan fingerprint density at radius 1 is 1.10 bits per heavy atom. The van der Waals surface area contributed by atoms with Gasteiger partial charge in [0.05, 0.1) is 11.7 Å². The van der Waals surface area contributed by atoms with Gasteiger partial charge in [0.1, 0.15) is 5.75 Å². The number of hydrogen-bond donors (Lipinski definition) is 1. The molecule has 1 fully saturated rings. The Morgan fingerprint density at radius 3 is 2.60 bits per heavy atom. The topological polar surface area (TPSA) is 81.1 Å². The molecule has 162 valence electrons. The van der Waals surface area contributed by atoms with Gasteiger partial charge >= 0.3 is 0 Å². The van der Waals surface area contributed by atoms with Crippen molar-refractivity contribution in [3.63, 3.8) is 0 Å². The molecule has 6 nitrogen and oxygen atoms in total. The van der Waals surface area contributed by atoms with Crippen molar-refractivity contribution < 1.29 is 13.2 Å². The average molecular weight is 430 g/mol. The van der Waals surface area contributed by atoms with Crippen LogP contribution in [0.5, 0.6) is 0 Å². The minimum atomic E-state index is -3.83. The van der Waals surface area contributed by atoms with Crippen LogP contribution in [-0.4, -0.2) is 29.6 Å². The molecule has 7 heteroatoms. The van der Waals surface area contributed by atoms with Crippen molar-refractivity contribution in [1.82, 2.24) is 14.9 Å². The highest BCUT2D eigenvalue weighted by Crippen LogP contribution is 2.33. The second-order valence-corrected chi connectivity index (χ2v) is 10.6. The number of amides is 1. The quantitative estimate of drug-likeness (QED) is 0.780. The number of carbonyl (C=O) groups excluding carboxylic acids is 1. The van der Waals surface area contributed by atoms with E-state index in [0.717, 1.165) is 61.9 Å². The summed E-state index contributed by atoms with van der Waals surface area (Å²) in [5.74, 6) is -1.01. The summed E-state index contributed by atoms with van der Waals surface area (Å²) in [7, 11) is -3.83. The maximum Gasteiger partial charge on any atom is 0.236 e. The predicted octanol–water partition coefficient (Wildman–Crippen LogP) is 3.97. The van der Waals surface area contributed by atoms with Gasteiger partial charge in [-0.1, -0.05) is 43.5 Å². The van der Waals surface area contributed by atoms with Crippen molar-refractivity contribution >= 4 is 15.7 Å². The largest absolute Gasteiger partial charge is 0.348 e. The van der Waals surface area contributed by atoms with Gasteiger partial charge in [-0.15, -0.1) is 0 Å². The molecule has 4 rings (SSSR count). The maximum absolute atomic E-state index is 13.2. The lowest BCUT2D eigenvalue weighted by Gasteiger charge is -2.27. The number of carbonyl (C=O) groups is 1. The van der Waals surface area contributed by atoms with E-state index in [1.165, 1.54) is 12.0 Å². The van der Waals surface area contributed by atoms with Gasteiger partial charge in [-0.3, -0.25) is 4.79 Å². The van der Waals surface area contributed by atoms with Crippen molar-refractivity contribution in [3.8, 4) is 0 Å². The van der Waals surface area contributed by atoms with Crippen LogP contribution in [0.4, 0.5) is 0 Å². The van der Waals surface area contributed by atoms with Crippen LogP contribution in [0, 0.1) is 13.8 Å². The zero-order chi connectivity index (χ0) is 21.3. The maximum atomic E-state index is 13.2. The van der Waals surface area contributed by atoms with E-state index in [0.29, 0.717) is 0 Å². The molecule has 2 aromatic rings. The van der Waals surface area contributed by atoms with Crippen LogP contribution in [0.2, 0.25) is 0 Å². The van der Waals surface area contributed by atoms with E-state index in [1.54, 1.807) is 0 Å². The first-order valence-electron chi connectivity index (χ1n) is 11.0. The standard InChI is InChI=1S/C23H31N3O3S/c1-16-17(2)26(19-11-4-3-5-12-19)23(24-16)30(28,29)15-22(27)25-21-14-8-10-18-9-6-7-13-20(18)21/h6-7,9,13,19,21H,3-5,8,10-12,14-15H2,1-2H3,(H,25,27)/t21-/m0/s1. The van der Waals surface area contributed by atoms with E-state index in [9.17, 15) is 13.2 Å². The highest BCUT2D eigenvalue weighted by molar-refractivity contribution is 7.92. The number of imidazole rings is 1. The fourth-order valence-electron chi connectivity index (χ4n) is 4.96. The summed E-state index contributed by atoms with van der Waals surface area (Å²) in [6.07, 6.45) is 8.13. The number of benzene rings is 1. The Bertz CT molecular complexity index is 1040. The Balaban J connectivity index is 1.54. The lowest BCUT2D eigenvalue weighted by molar-refractivity contribution is -0.119. The summed E-state index contributed by atoms with van der Waals surface area (Å²) in [6, 6.07) is 8.10. The number of rotatable bonds is 5. The molecule has 1 aromatic carbocycles. The van der Waals surface area contributed by atoms with Gasteiger partial charge in [0.2, 0.25) is 20.9 Å². The monoisotopic (exact) mass is 429 g/mol. The Labute approximate surface area is 179 Å². The highest BCUT2D eigenvalue weighted by atomic mass is 32.2. The number of fused-ring (bicyclic) bond motifs is 1. The number of nitrogens with zero attached hydrogens (tertiary/aromatic N) is 2. The van der Waals surface area contributed by atoms with Crippen LogP contribution in [0.1, 0.15) is 79.5 Å². The van der Waals surface area contributed by atoms with Gasteiger partial charge in [-0.2, -0.15) is 0 Å². The molecule has 1 N–H and O–H groups in total. The minimum absolute atomic E-state index is 0.0589. The molecule has 1 atom stereocenters. The molecule has 2 aliphatic rings. The van der Waals surface area contributed by atoms with Gasteiger partial charge < -0.3 is 9.88 Å². The molecule has 0 saturated heterocycles. The first kappa shape index (κ1) is 21.1. The number of sulfone groups is 1. The summed E-state index contributed by atoms with van der Waals surface area (Å²) in [5.41, 5.74) is 3.95. The molecule has 0 spiro atoms. The van der Waals surface area contributed by atoms with Gasteiger partial charge in [-0.05, 0) is 57.1 Å². The van der Waals surface area contributed by atoms with Crippen LogP contribution >= 0.6 is 0 Å². The molecule has 1 amide bonds. The minimum Gasteiger partial charge on any atom is -0.348 e. The number of aryl methyl sites for hydroxylation is 2. The molecule has 1 saturated carbocycles. The van der Waals surface area contributed by atoms with Gasteiger partial charge in [0, 0.05) is 11.7 Å². The van der Waals surface area contributed by atoms with Crippen molar-refractivity contribution in [2.45, 2.75) is 82.5 Å². The van der Waals surface area contributed by atoms with E-state index in [2.05, 4.69) is 16.4 Å². The average Bonchev–Trinajstić information content (AvgIpc) is 3.04. The van der Waals surface area contributed by atoms with Crippen molar-refractivity contribution in [2.75, 3.05) is 5.75 Å². The molecule has 2 aliphatic carbocycles. The number of nitrogens with one attached hydrogen (secondary N) is 1. The number of aromatic nitrogens is 2. The molecular formula is C23H31N3O3S. The van der Waals surface area contributed by atoms with Gasteiger partial charge in [0.15, 0.2) is 0 Å². The first-order valence-corrected chi connectivity index (χ1v) is 12.7. The van der Waals surface area contributed by atoms with Gasteiger partial charge in [0.25, 0.3) is 0 Å². The van der Waals surface area contributed by atoms with Crippen LogP contribution in [-0.2, 0) is 21.1 Å². The van der Waals surface area contributed by atoms with E-state index in [4.69, 9.17) is 0 Å². The molecule has 0 aliphatic heterocycles. The summed E-state index contributed by atoms with van der Waals surface area (Å²) in [5, 5.41) is 3.03. The fourth-order valence-corrected chi connectivity index (χ4v) is 6.38. The normalized spacial score (nSPS) is 20.0. The molecule has 30 heavy (non-hydrogen) atoms. The van der Waals surface area contributed by atoms with E-state index in [1.807, 2.05) is 36.6 Å². The second kappa shape index (κ2) is 8.53. The SMILES string of the molecule is Cc1nc(S(=O)(=O)CC(=O)N[C@H]2CCCc3ccccc32)n(C2CCCCC2)c1C. The van der Waals surface area contributed by atoms with E-state index >= 15 is 0 Å². The molecule has 1 aromatic heterocycles. The first-order chi connectivity index (χ1) is 14.4. The zero-order valence-electron chi connectivity index (χ0n) is 17.9. The summed E-state index contributed by atoms with van der Waals surface area (Å²) >= 11 is 0. The molecular weight excluding hydrogens is 398 g/mol. The summed E-state index contributed by atoms with van der Waals surface area (Å²) in [4.78, 5) is 17.1. The molecule has 0 bridgehead atoms. The van der Waals surface area contributed by atoms with E-state index < -0.39 is 21.5 Å². The zero-order valence-corrected chi connectivity index (χ0v) is 18.7. The lowest BCUT2D eigenvalue weighted by Crippen LogP contribution is -2.36. The van der Waals surface area contributed by atoms with Crippen molar-refractivity contribution in [1.29, 1.82) is 0 Å². The van der Waals surface area contributed by atoms with Crippen LogP contribution in [0.15, 0.2) is 29.4 Å². The molecule has 0 unspecified atom stereocenters. The number of hydrogen-bond acceptors (Lipinski definition) is 4. The van der Waals surface area contributed by atoms with Gasteiger partial charge in [-0.25, -0.2) is 13.4 Å². The third kappa shape index (κ3) is 4.17. The third-order valence-electron chi connectivity index (χ3n) is 6.60. The Hall–Kier alpha value is -2.15. The summed E-state index contributed by atoms with van der Waals surface area (Å²) < 4.78 is 28.3. The Morgan fingerprint density at radius 2 is 1.83 bits per heavy atom. The highest BCUT2D eigenvalue weighted by Gasteiger charge is 2.32. The molecule has 1 heterocycles. The predicted molar refractivity (Wildman–Crippen MR) is 116 cm³/mol. The van der Waals surface area contributed by atoms with Crippen molar-refractivity contribution in [3.05, 3.63) is 46.8 Å². The third-order valence-corrected chi connectivity index (χ3v) is 8.08. The second-order valence-electron chi connectivity index (χ2n) is 8.70. The molecule has 0 radical (unpaired) electrons. The smallest absolute Gasteiger partial charge is 0.236 e. The van der Waals surface area contributed by atoms with E-state index in [-0.39, 0.29) is 17.2 Å². The summed E-state index contributed by atoms with van der Waals surface area (Å²) in [6.45, 7) is 3.77. The van der Waals surface area contributed by atoms with Crippen molar-refractivity contribution in [2.24, 2.45) is 0 Å². The lowest BCUT2D eigenvalue weighted by atomic mass is 9.88. The Kier molecular flexibility index (Phi) is 6.00. The van der Waals surface area contributed by atoms with Crippen LogP contribution in [0.3, 0.4) is 0 Å². The van der Waals surface area contributed by atoms with Crippen LogP contribution in [0.25, 0.3) is 0 Å². The van der Waals surface area contributed by atoms with Crippen LogP contribution < -0.4 is 5.32 Å². The fraction of sp³-hybridized carbons (Fsp3) is 0.565.